The van der Waals surface area contributed by atoms with Gasteiger partial charge < -0.3 is 14.6 Å². The number of hydrogen-bond acceptors (Lipinski definition) is 4. The molecule has 1 aromatic heterocycles. The van der Waals surface area contributed by atoms with Crippen molar-refractivity contribution in [1.29, 1.82) is 0 Å². The van der Waals surface area contributed by atoms with Gasteiger partial charge in [-0.1, -0.05) is 0 Å². The van der Waals surface area contributed by atoms with Gasteiger partial charge in [-0.05, 0) is 45.7 Å². The minimum Gasteiger partial charge on any atom is -0.468 e. The third-order valence-corrected chi connectivity index (χ3v) is 3.48. The summed E-state index contributed by atoms with van der Waals surface area (Å²) in [6.45, 7) is 5.43. The number of rotatable bonds is 4. The van der Waals surface area contributed by atoms with Gasteiger partial charge >= 0.3 is 0 Å². The Morgan fingerprint density at radius 1 is 1.47 bits per heavy atom. The molecule has 0 aromatic carbocycles. The van der Waals surface area contributed by atoms with E-state index in [4.69, 9.17) is 4.42 Å². The molecule has 1 atom stereocenters. The number of likely N-dealkylation sites (N-methyl/N-ethyl adjacent to an activating group) is 2. The van der Waals surface area contributed by atoms with Crippen molar-refractivity contribution in [3.8, 4) is 0 Å². The lowest BCUT2D eigenvalue weighted by atomic mass is 10.2. The quantitative estimate of drug-likeness (QED) is 0.847. The zero-order chi connectivity index (χ0) is 12.1. The van der Waals surface area contributed by atoms with Crippen molar-refractivity contribution in [2.45, 2.75) is 19.0 Å². The average molecular weight is 237 g/mol. The predicted octanol–water partition coefficient (Wildman–Crippen LogP) is 1.01. The topological polar surface area (TPSA) is 31.6 Å². The molecule has 1 N–H and O–H groups in total. The molecule has 17 heavy (non-hydrogen) atoms. The Balaban J connectivity index is 1.93. The molecule has 1 fully saturated rings. The summed E-state index contributed by atoms with van der Waals surface area (Å²) in [6.07, 6.45) is 2.99. The highest BCUT2D eigenvalue weighted by molar-refractivity contribution is 4.98. The molecule has 0 aliphatic carbocycles. The minimum absolute atomic E-state index is 0.595. The monoisotopic (exact) mass is 237 g/mol. The van der Waals surface area contributed by atoms with E-state index < -0.39 is 0 Å². The van der Waals surface area contributed by atoms with Crippen LogP contribution in [0.1, 0.15) is 12.2 Å². The van der Waals surface area contributed by atoms with Crippen LogP contribution in [0.15, 0.2) is 22.8 Å². The highest BCUT2D eigenvalue weighted by atomic mass is 16.3. The molecule has 1 aromatic rings. The van der Waals surface area contributed by atoms with Crippen molar-refractivity contribution in [1.82, 2.24) is 15.1 Å². The van der Waals surface area contributed by atoms with Gasteiger partial charge in [-0.15, -0.1) is 0 Å². The lowest BCUT2D eigenvalue weighted by molar-refractivity contribution is 0.192. The second-order valence-electron chi connectivity index (χ2n) is 4.86. The molecule has 0 bridgehead atoms. The van der Waals surface area contributed by atoms with Crippen molar-refractivity contribution < 1.29 is 4.42 Å². The zero-order valence-electron chi connectivity index (χ0n) is 10.9. The molecule has 4 heteroatoms. The van der Waals surface area contributed by atoms with Crippen LogP contribution in [0.4, 0.5) is 0 Å². The summed E-state index contributed by atoms with van der Waals surface area (Å²) in [5, 5.41) is 3.28. The molecular weight excluding hydrogens is 214 g/mol. The maximum absolute atomic E-state index is 5.43. The third kappa shape index (κ3) is 3.56. The predicted molar refractivity (Wildman–Crippen MR) is 68.9 cm³/mol. The van der Waals surface area contributed by atoms with Crippen molar-refractivity contribution in [2.24, 2.45) is 0 Å². The van der Waals surface area contributed by atoms with Crippen LogP contribution in [-0.2, 0) is 6.54 Å². The maximum atomic E-state index is 5.43. The van der Waals surface area contributed by atoms with Gasteiger partial charge in [0.05, 0.1) is 12.8 Å². The summed E-state index contributed by atoms with van der Waals surface area (Å²) in [7, 11) is 4.24. The molecule has 1 saturated heterocycles. The van der Waals surface area contributed by atoms with Crippen molar-refractivity contribution in [3.05, 3.63) is 24.2 Å². The lowest BCUT2D eigenvalue weighted by Crippen LogP contribution is -2.44. The molecule has 4 nitrogen and oxygen atoms in total. The summed E-state index contributed by atoms with van der Waals surface area (Å²) in [6, 6.07) is 4.61. The summed E-state index contributed by atoms with van der Waals surface area (Å²) in [5.41, 5.74) is 0. The highest BCUT2D eigenvalue weighted by Gasteiger charge is 2.22. The van der Waals surface area contributed by atoms with Gasteiger partial charge in [0.2, 0.25) is 0 Å². The molecule has 1 aliphatic heterocycles. The number of furan rings is 1. The van der Waals surface area contributed by atoms with E-state index in [0.717, 1.165) is 31.9 Å². The molecule has 0 saturated carbocycles. The van der Waals surface area contributed by atoms with Crippen LogP contribution >= 0.6 is 0 Å². The Morgan fingerprint density at radius 3 is 3.06 bits per heavy atom. The van der Waals surface area contributed by atoms with E-state index in [0.29, 0.717) is 6.04 Å². The first-order valence-electron chi connectivity index (χ1n) is 6.39. The molecule has 1 aliphatic rings. The van der Waals surface area contributed by atoms with Crippen LogP contribution < -0.4 is 5.32 Å². The lowest BCUT2D eigenvalue weighted by Gasteiger charge is -2.28. The molecule has 0 radical (unpaired) electrons. The van der Waals surface area contributed by atoms with Gasteiger partial charge in [0.15, 0.2) is 0 Å². The second-order valence-corrected chi connectivity index (χ2v) is 4.86. The van der Waals surface area contributed by atoms with E-state index in [2.05, 4.69) is 28.2 Å². The molecule has 0 spiro atoms. The fourth-order valence-corrected chi connectivity index (χ4v) is 2.48. The maximum Gasteiger partial charge on any atom is 0.117 e. The van der Waals surface area contributed by atoms with Gasteiger partial charge in [-0.2, -0.15) is 0 Å². The Labute approximate surface area is 104 Å². The summed E-state index contributed by atoms with van der Waals surface area (Å²) >= 11 is 0. The summed E-state index contributed by atoms with van der Waals surface area (Å²) in [4.78, 5) is 4.95. The number of nitrogens with one attached hydrogen (secondary N) is 1. The Morgan fingerprint density at radius 2 is 2.35 bits per heavy atom. The SMILES string of the molecule is CNCC1CN(Cc2ccco2)CCCN1C. The van der Waals surface area contributed by atoms with Crippen molar-refractivity contribution >= 4 is 0 Å². The van der Waals surface area contributed by atoms with E-state index in [-0.39, 0.29) is 0 Å². The zero-order valence-corrected chi connectivity index (χ0v) is 10.9. The summed E-state index contributed by atoms with van der Waals surface area (Å²) < 4.78 is 5.43. The fourth-order valence-electron chi connectivity index (χ4n) is 2.48. The van der Waals surface area contributed by atoms with Crippen LogP contribution in [0.25, 0.3) is 0 Å². The Kier molecular flexibility index (Phi) is 4.59. The molecule has 1 unspecified atom stereocenters. The smallest absolute Gasteiger partial charge is 0.117 e. The van der Waals surface area contributed by atoms with Gasteiger partial charge in [-0.25, -0.2) is 0 Å². The van der Waals surface area contributed by atoms with Crippen LogP contribution in [-0.4, -0.2) is 56.1 Å². The standard InChI is InChI=1S/C13H23N3O/c1-14-9-12-10-16(7-4-6-15(12)2)11-13-5-3-8-17-13/h3,5,8,12,14H,4,6-7,9-11H2,1-2H3. The van der Waals surface area contributed by atoms with Gasteiger partial charge in [0, 0.05) is 19.1 Å². The van der Waals surface area contributed by atoms with E-state index in [1.54, 1.807) is 6.26 Å². The fraction of sp³-hybridized carbons (Fsp3) is 0.692. The Bertz CT molecular complexity index is 312. The van der Waals surface area contributed by atoms with Crippen LogP contribution in [0.2, 0.25) is 0 Å². The number of hydrogen-bond donors (Lipinski definition) is 1. The minimum atomic E-state index is 0.595. The largest absolute Gasteiger partial charge is 0.468 e. The van der Waals surface area contributed by atoms with Crippen molar-refractivity contribution in [2.75, 3.05) is 40.3 Å². The molecule has 2 heterocycles. The van der Waals surface area contributed by atoms with E-state index >= 15 is 0 Å². The van der Waals surface area contributed by atoms with E-state index in [1.165, 1.54) is 13.0 Å². The number of nitrogens with zero attached hydrogens (tertiary/aromatic N) is 2. The molecular formula is C13H23N3O. The average Bonchev–Trinajstić information content (AvgIpc) is 2.74. The first-order chi connectivity index (χ1) is 8.29. The third-order valence-electron chi connectivity index (χ3n) is 3.48. The Hall–Kier alpha value is -0.840. The van der Waals surface area contributed by atoms with E-state index in [1.807, 2.05) is 13.1 Å². The molecule has 0 amide bonds. The summed E-state index contributed by atoms with van der Waals surface area (Å²) in [5.74, 6) is 1.07. The molecule has 2 rings (SSSR count). The van der Waals surface area contributed by atoms with E-state index in [9.17, 15) is 0 Å². The van der Waals surface area contributed by atoms with Crippen molar-refractivity contribution in [3.63, 3.8) is 0 Å². The highest BCUT2D eigenvalue weighted by Crippen LogP contribution is 2.12. The normalized spacial score (nSPS) is 23.8. The molecule has 96 valence electrons. The van der Waals surface area contributed by atoms with Crippen LogP contribution in [0.3, 0.4) is 0 Å². The van der Waals surface area contributed by atoms with Gasteiger partial charge in [0.1, 0.15) is 5.76 Å². The van der Waals surface area contributed by atoms with Gasteiger partial charge in [-0.3, -0.25) is 4.90 Å². The van der Waals surface area contributed by atoms with Crippen LogP contribution in [0.5, 0.6) is 0 Å². The first-order valence-corrected chi connectivity index (χ1v) is 6.39. The first kappa shape index (κ1) is 12.6. The second kappa shape index (κ2) is 6.19. The van der Waals surface area contributed by atoms with Gasteiger partial charge in [0.25, 0.3) is 0 Å². The van der Waals surface area contributed by atoms with Crippen LogP contribution in [0, 0.1) is 0 Å².